The van der Waals surface area contributed by atoms with Gasteiger partial charge in [-0.05, 0) is 55.0 Å². The molecule has 4 rings (SSSR count). The quantitative estimate of drug-likeness (QED) is 0.319. The highest BCUT2D eigenvalue weighted by atomic mass is 32.1. The number of nitrogens with zero attached hydrogens (tertiary/aromatic N) is 6. The van der Waals surface area contributed by atoms with Crippen LogP contribution >= 0.6 is 12.2 Å². The van der Waals surface area contributed by atoms with Gasteiger partial charge >= 0.3 is 0 Å². The van der Waals surface area contributed by atoms with Crippen LogP contribution in [-0.4, -0.2) is 35.8 Å². The molecule has 3 heterocycles. The standard InChI is InChI=1S/C18H16N8S/c1-11(22-24-18(19)27)14-6-7-16-17(21-14)26(25-23-16)10-12-4-5-15-13(9-12)3-2-8-20-15/h2-9H,10H2,1H3,(H3,19,24,27)/b22-11+. The van der Waals surface area contributed by atoms with E-state index in [9.17, 15) is 0 Å². The lowest BCUT2D eigenvalue weighted by molar-refractivity contribution is 0.664. The van der Waals surface area contributed by atoms with Crippen molar-refractivity contribution < 1.29 is 0 Å². The molecule has 134 valence electrons. The third kappa shape index (κ3) is 3.58. The average molecular weight is 376 g/mol. The number of nitrogens with one attached hydrogen (secondary N) is 1. The summed E-state index contributed by atoms with van der Waals surface area (Å²) >= 11 is 4.76. The molecule has 0 atom stereocenters. The van der Waals surface area contributed by atoms with Crippen molar-refractivity contribution in [3.8, 4) is 0 Å². The fraction of sp³-hybridized carbons (Fsp3) is 0.111. The summed E-state index contributed by atoms with van der Waals surface area (Å²) in [5, 5.41) is 13.7. The molecule has 4 aromatic rings. The second-order valence-electron chi connectivity index (χ2n) is 5.99. The van der Waals surface area contributed by atoms with Crippen LogP contribution in [0, 0.1) is 0 Å². The molecule has 9 heteroatoms. The van der Waals surface area contributed by atoms with Crippen molar-refractivity contribution in [3.63, 3.8) is 0 Å². The highest BCUT2D eigenvalue weighted by molar-refractivity contribution is 7.80. The van der Waals surface area contributed by atoms with Crippen molar-refractivity contribution in [1.29, 1.82) is 0 Å². The lowest BCUT2D eigenvalue weighted by atomic mass is 10.1. The van der Waals surface area contributed by atoms with Gasteiger partial charge in [-0.25, -0.2) is 9.67 Å². The Morgan fingerprint density at radius 1 is 1.22 bits per heavy atom. The van der Waals surface area contributed by atoms with Crippen LogP contribution in [0.3, 0.4) is 0 Å². The van der Waals surface area contributed by atoms with E-state index in [4.69, 9.17) is 18.0 Å². The first-order valence-electron chi connectivity index (χ1n) is 8.24. The van der Waals surface area contributed by atoms with Gasteiger partial charge in [0, 0.05) is 11.6 Å². The van der Waals surface area contributed by atoms with Crippen LogP contribution in [0.25, 0.3) is 22.1 Å². The summed E-state index contributed by atoms with van der Waals surface area (Å²) in [7, 11) is 0. The number of pyridine rings is 2. The van der Waals surface area contributed by atoms with Crippen molar-refractivity contribution in [3.05, 3.63) is 59.9 Å². The number of benzene rings is 1. The largest absolute Gasteiger partial charge is 0.375 e. The SMILES string of the molecule is C/C(=N\NC(N)=S)c1ccc2nnn(Cc3ccc4ncccc4c3)c2n1. The fourth-order valence-electron chi connectivity index (χ4n) is 2.75. The van der Waals surface area contributed by atoms with E-state index in [1.54, 1.807) is 10.9 Å². The Hall–Kier alpha value is -3.46. The maximum Gasteiger partial charge on any atom is 0.184 e. The number of hydrogen-bond acceptors (Lipinski definition) is 6. The second-order valence-corrected chi connectivity index (χ2v) is 6.43. The Morgan fingerprint density at radius 3 is 2.93 bits per heavy atom. The summed E-state index contributed by atoms with van der Waals surface area (Å²) in [5.74, 6) is 0. The maximum atomic E-state index is 5.41. The smallest absolute Gasteiger partial charge is 0.184 e. The lowest BCUT2D eigenvalue weighted by Crippen LogP contribution is -2.25. The van der Waals surface area contributed by atoms with E-state index in [0.717, 1.165) is 22.0 Å². The Kier molecular flexibility index (Phi) is 4.43. The van der Waals surface area contributed by atoms with Crippen LogP contribution in [0.1, 0.15) is 18.2 Å². The number of nitrogens with two attached hydrogens (primary N) is 1. The van der Waals surface area contributed by atoms with Crippen molar-refractivity contribution >= 4 is 45.1 Å². The molecular formula is C18H16N8S. The molecule has 27 heavy (non-hydrogen) atoms. The predicted octanol–water partition coefficient (Wildman–Crippen LogP) is 1.98. The average Bonchev–Trinajstić information content (AvgIpc) is 3.08. The molecule has 0 amide bonds. The summed E-state index contributed by atoms with van der Waals surface area (Å²) in [6.07, 6.45) is 1.79. The molecule has 8 nitrogen and oxygen atoms in total. The molecule has 0 saturated carbocycles. The van der Waals surface area contributed by atoms with E-state index in [2.05, 4.69) is 36.9 Å². The van der Waals surface area contributed by atoms with Crippen molar-refractivity contribution in [2.24, 2.45) is 10.8 Å². The van der Waals surface area contributed by atoms with Crippen LogP contribution in [-0.2, 0) is 6.54 Å². The number of aromatic nitrogens is 5. The zero-order valence-corrected chi connectivity index (χ0v) is 15.3. The van der Waals surface area contributed by atoms with Gasteiger partial charge < -0.3 is 5.73 Å². The van der Waals surface area contributed by atoms with E-state index in [1.165, 1.54) is 0 Å². The van der Waals surface area contributed by atoms with Gasteiger partial charge in [-0.2, -0.15) is 5.10 Å². The van der Waals surface area contributed by atoms with Gasteiger partial charge in [-0.15, -0.1) is 5.10 Å². The summed E-state index contributed by atoms with van der Waals surface area (Å²) < 4.78 is 1.77. The van der Waals surface area contributed by atoms with Crippen LogP contribution in [0.5, 0.6) is 0 Å². The first-order chi connectivity index (χ1) is 13.1. The van der Waals surface area contributed by atoms with Crippen LogP contribution in [0.2, 0.25) is 0 Å². The van der Waals surface area contributed by atoms with E-state index in [-0.39, 0.29) is 5.11 Å². The van der Waals surface area contributed by atoms with Crippen molar-refractivity contribution in [2.45, 2.75) is 13.5 Å². The molecule has 3 aromatic heterocycles. The van der Waals surface area contributed by atoms with E-state index < -0.39 is 0 Å². The fourth-order valence-corrected chi connectivity index (χ4v) is 2.80. The highest BCUT2D eigenvalue weighted by Gasteiger charge is 2.10. The molecule has 0 spiro atoms. The molecule has 0 radical (unpaired) electrons. The minimum Gasteiger partial charge on any atom is -0.375 e. The monoisotopic (exact) mass is 376 g/mol. The van der Waals surface area contributed by atoms with Gasteiger partial charge in [-0.1, -0.05) is 17.3 Å². The van der Waals surface area contributed by atoms with E-state index in [0.29, 0.717) is 23.6 Å². The summed E-state index contributed by atoms with van der Waals surface area (Å²) in [6, 6.07) is 13.8. The molecule has 0 bridgehead atoms. The lowest BCUT2D eigenvalue weighted by Gasteiger charge is -2.05. The first kappa shape index (κ1) is 17.0. The van der Waals surface area contributed by atoms with Crippen LogP contribution in [0.4, 0.5) is 0 Å². The first-order valence-corrected chi connectivity index (χ1v) is 8.65. The zero-order chi connectivity index (χ0) is 18.8. The summed E-state index contributed by atoms with van der Waals surface area (Å²) in [5.41, 5.74) is 12.8. The van der Waals surface area contributed by atoms with Crippen molar-refractivity contribution in [2.75, 3.05) is 0 Å². The van der Waals surface area contributed by atoms with Crippen LogP contribution < -0.4 is 11.2 Å². The zero-order valence-electron chi connectivity index (χ0n) is 14.5. The van der Waals surface area contributed by atoms with Gasteiger partial charge in [0.2, 0.25) is 0 Å². The molecular weight excluding hydrogens is 360 g/mol. The number of thiocarbonyl (C=S) groups is 1. The van der Waals surface area contributed by atoms with E-state index in [1.807, 2.05) is 43.3 Å². The van der Waals surface area contributed by atoms with Gasteiger partial charge in [0.25, 0.3) is 0 Å². The Balaban J connectivity index is 1.67. The van der Waals surface area contributed by atoms with Gasteiger partial charge in [-0.3, -0.25) is 10.4 Å². The van der Waals surface area contributed by atoms with Crippen LogP contribution in [0.15, 0.2) is 53.8 Å². The highest BCUT2D eigenvalue weighted by Crippen LogP contribution is 2.16. The number of fused-ring (bicyclic) bond motifs is 2. The third-order valence-corrected chi connectivity index (χ3v) is 4.15. The predicted molar refractivity (Wildman–Crippen MR) is 108 cm³/mol. The summed E-state index contributed by atoms with van der Waals surface area (Å²) in [4.78, 5) is 8.99. The Bertz CT molecular complexity index is 1180. The third-order valence-electron chi connectivity index (χ3n) is 4.06. The molecule has 0 fully saturated rings. The molecule has 1 aromatic carbocycles. The minimum absolute atomic E-state index is 0.105. The van der Waals surface area contributed by atoms with Gasteiger partial charge in [0.15, 0.2) is 10.8 Å². The maximum absolute atomic E-state index is 5.41. The topological polar surface area (TPSA) is 107 Å². The molecule has 0 aliphatic heterocycles. The second kappa shape index (κ2) is 7.04. The van der Waals surface area contributed by atoms with Gasteiger partial charge in [0.05, 0.1) is 23.5 Å². The summed E-state index contributed by atoms with van der Waals surface area (Å²) in [6.45, 7) is 2.38. The Labute approximate surface area is 160 Å². The minimum atomic E-state index is 0.105. The number of hydrazone groups is 1. The normalized spacial score (nSPS) is 11.8. The number of hydrogen-bond donors (Lipinski definition) is 2. The molecule has 0 saturated heterocycles. The number of rotatable bonds is 4. The van der Waals surface area contributed by atoms with E-state index >= 15 is 0 Å². The van der Waals surface area contributed by atoms with Gasteiger partial charge in [0.1, 0.15) is 5.52 Å². The Morgan fingerprint density at radius 2 is 2.07 bits per heavy atom. The van der Waals surface area contributed by atoms with Crippen molar-refractivity contribution in [1.82, 2.24) is 30.4 Å². The molecule has 3 N–H and O–H groups in total. The molecule has 0 aliphatic carbocycles. The molecule has 0 aliphatic rings. The molecule has 0 unspecified atom stereocenters.